The Kier molecular flexibility index (Phi) is 6.64. The summed E-state index contributed by atoms with van der Waals surface area (Å²) >= 11 is 0. The highest BCUT2D eigenvalue weighted by molar-refractivity contribution is 7.92. The first-order valence-electron chi connectivity index (χ1n) is 6.49. The molecule has 1 aromatic carbocycles. The summed E-state index contributed by atoms with van der Waals surface area (Å²) in [5, 5.41) is 10.6. The van der Waals surface area contributed by atoms with Crippen LogP contribution in [0.25, 0.3) is 0 Å². The first-order valence-corrected chi connectivity index (χ1v) is 8.14. The fraction of sp³-hybridized carbons (Fsp3) is 0.385. The molecule has 0 spiro atoms. The van der Waals surface area contributed by atoms with Crippen molar-refractivity contribution < 1.29 is 32.6 Å². The molecule has 0 aliphatic carbocycles. The molecular weight excluding hydrogens is 328 g/mol. The lowest BCUT2D eigenvalue weighted by Gasteiger charge is -2.15. The third-order valence-electron chi connectivity index (χ3n) is 2.82. The summed E-state index contributed by atoms with van der Waals surface area (Å²) in [6.07, 6.45) is -1.70. The van der Waals surface area contributed by atoms with E-state index in [0.717, 1.165) is 7.11 Å². The lowest BCUT2D eigenvalue weighted by molar-refractivity contribution is -0.143. The quantitative estimate of drug-likeness (QED) is 0.588. The van der Waals surface area contributed by atoms with Gasteiger partial charge in [0.25, 0.3) is 0 Å². The van der Waals surface area contributed by atoms with Gasteiger partial charge in [0, 0.05) is 5.69 Å². The second-order valence-electron chi connectivity index (χ2n) is 4.46. The number of carboxylic acid groups (broad SMARTS) is 1. The second kappa shape index (κ2) is 8.22. The van der Waals surface area contributed by atoms with Crippen molar-refractivity contribution in [2.45, 2.75) is 12.5 Å². The molecule has 0 fully saturated rings. The molecule has 3 N–H and O–H groups in total. The second-order valence-corrected chi connectivity index (χ2v) is 6.31. The summed E-state index contributed by atoms with van der Waals surface area (Å²) in [6.45, 7) is 0. The van der Waals surface area contributed by atoms with Crippen LogP contribution in [0.5, 0.6) is 5.75 Å². The Morgan fingerprint density at radius 1 is 1.22 bits per heavy atom. The van der Waals surface area contributed by atoms with Crippen molar-refractivity contribution in [3.05, 3.63) is 24.3 Å². The highest BCUT2D eigenvalue weighted by Gasteiger charge is 2.24. The number of anilines is 1. The lowest BCUT2D eigenvalue weighted by Crippen LogP contribution is -2.42. The number of ether oxygens (including phenoxy) is 2. The molecule has 1 rings (SSSR count). The molecular formula is C13H18N2O7S. The largest absolute Gasteiger partial charge is 0.497 e. The molecule has 0 saturated carbocycles. The van der Waals surface area contributed by atoms with Crippen molar-refractivity contribution in [3.8, 4) is 5.75 Å². The Bertz CT molecular complexity index is 643. The van der Waals surface area contributed by atoms with Gasteiger partial charge >= 0.3 is 12.1 Å². The molecule has 1 amide bonds. The van der Waals surface area contributed by atoms with E-state index < -0.39 is 33.9 Å². The number of rotatable bonds is 8. The Hall–Kier alpha value is -2.49. The number of esters is 1. The van der Waals surface area contributed by atoms with E-state index in [1.165, 1.54) is 19.2 Å². The third kappa shape index (κ3) is 6.43. The Labute approximate surface area is 133 Å². The van der Waals surface area contributed by atoms with Gasteiger partial charge in [-0.3, -0.25) is 4.72 Å². The van der Waals surface area contributed by atoms with E-state index in [1.807, 2.05) is 5.32 Å². The van der Waals surface area contributed by atoms with Crippen molar-refractivity contribution >= 4 is 27.8 Å². The summed E-state index contributed by atoms with van der Waals surface area (Å²) in [6, 6.07) is 4.94. The maximum Gasteiger partial charge on any atom is 0.405 e. The van der Waals surface area contributed by atoms with Crippen LogP contribution in [0.1, 0.15) is 6.42 Å². The fourth-order valence-corrected chi connectivity index (χ4v) is 2.85. The molecule has 0 unspecified atom stereocenters. The van der Waals surface area contributed by atoms with E-state index >= 15 is 0 Å². The number of benzene rings is 1. The SMILES string of the molecule is COC(=O)[C@H](CCS(=O)(=O)Nc1ccc(OC)cc1)NC(=O)O. The molecule has 1 atom stereocenters. The van der Waals surface area contributed by atoms with Gasteiger partial charge in [-0.05, 0) is 30.7 Å². The predicted molar refractivity (Wildman–Crippen MR) is 82.0 cm³/mol. The van der Waals surface area contributed by atoms with Crippen molar-refractivity contribution in [1.82, 2.24) is 5.32 Å². The van der Waals surface area contributed by atoms with Gasteiger partial charge in [-0.2, -0.15) is 0 Å². The maximum atomic E-state index is 12.0. The highest BCUT2D eigenvalue weighted by Crippen LogP contribution is 2.16. The van der Waals surface area contributed by atoms with Gasteiger partial charge in [-0.1, -0.05) is 0 Å². The van der Waals surface area contributed by atoms with E-state index in [-0.39, 0.29) is 6.42 Å². The first-order chi connectivity index (χ1) is 10.8. The molecule has 0 saturated heterocycles. The average molecular weight is 346 g/mol. The number of carbonyl (C=O) groups is 2. The summed E-state index contributed by atoms with van der Waals surface area (Å²) < 4.78 is 35.7. The van der Waals surface area contributed by atoms with Crippen LogP contribution in [0.4, 0.5) is 10.5 Å². The van der Waals surface area contributed by atoms with Gasteiger partial charge in [-0.15, -0.1) is 0 Å². The van der Waals surface area contributed by atoms with Crippen molar-refractivity contribution in [1.29, 1.82) is 0 Å². The van der Waals surface area contributed by atoms with Crippen LogP contribution >= 0.6 is 0 Å². The summed E-state index contributed by atoms with van der Waals surface area (Å²) in [5.41, 5.74) is 0.326. The normalized spacial score (nSPS) is 12.1. The van der Waals surface area contributed by atoms with E-state index in [0.29, 0.717) is 11.4 Å². The minimum absolute atomic E-state index is 0.259. The van der Waals surface area contributed by atoms with Crippen LogP contribution in [-0.4, -0.2) is 51.6 Å². The van der Waals surface area contributed by atoms with Crippen LogP contribution < -0.4 is 14.8 Å². The average Bonchev–Trinajstić information content (AvgIpc) is 2.50. The zero-order valence-electron chi connectivity index (χ0n) is 12.6. The number of nitrogens with one attached hydrogen (secondary N) is 2. The molecule has 0 bridgehead atoms. The van der Waals surface area contributed by atoms with Gasteiger partial charge in [0.1, 0.15) is 11.8 Å². The van der Waals surface area contributed by atoms with E-state index in [4.69, 9.17) is 9.84 Å². The monoisotopic (exact) mass is 346 g/mol. The van der Waals surface area contributed by atoms with E-state index in [9.17, 15) is 18.0 Å². The maximum absolute atomic E-state index is 12.0. The Balaban J connectivity index is 2.68. The topological polar surface area (TPSA) is 131 Å². The molecule has 0 aliphatic heterocycles. The molecule has 0 radical (unpaired) electrons. The minimum Gasteiger partial charge on any atom is -0.497 e. The summed E-state index contributed by atoms with van der Waals surface area (Å²) in [5.74, 6) is -0.740. The highest BCUT2D eigenvalue weighted by atomic mass is 32.2. The molecule has 0 heterocycles. The van der Waals surface area contributed by atoms with Gasteiger partial charge in [0.15, 0.2) is 0 Å². The number of hydrogen-bond donors (Lipinski definition) is 3. The Morgan fingerprint density at radius 2 is 1.83 bits per heavy atom. The summed E-state index contributed by atoms with van der Waals surface area (Å²) in [7, 11) is -1.18. The molecule has 1 aromatic rings. The molecule has 23 heavy (non-hydrogen) atoms. The minimum atomic E-state index is -3.76. The van der Waals surface area contributed by atoms with Crippen molar-refractivity contribution in [2.75, 3.05) is 24.7 Å². The van der Waals surface area contributed by atoms with Gasteiger partial charge in [-0.25, -0.2) is 18.0 Å². The Morgan fingerprint density at radius 3 is 2.30 bits per heavy atom. The number of carbonyl (C=O) groups excluding carboxylic acids is 1. The number of methoxy groups -OCH3 is 2. The van der Waals surface area contributed by atoms with Crippen LogP contribution in [0.2, 0.25) is 0 Å². The van der Waals surface area contributed by atoms with Crippen LogP contribution in [0.3, 0.4) is 0 Å². The fourth-order valence-electron chi connectivity index (χ4n) is 1.70. The third-order valence-corrected chi connectivity index (χ3v) is 4.14. The smallest absolute Gasteiger partial charge is 0.405 e. The van der Waals surface area contributed by atoms with Crippen LogP contribution in [0, 0.1) is 0 Å². The summed E-state index contributed by atoms with van der Waals surface area (Å²) in [4.78, 5) is 22.0. The lowest BCUT2D eigenvalue weighted by atomic mass is 10.2. The molecule has 0 aromatic heterocycles. The van der Waals surface area contributed by atoms with Crippen molar-refractivity contribution in [3.63, 3.8) is 0 Å². The van der Waals surface area contributed by atoms with Gasteiger partial charge < -0.3 is 19.9 Å². The molecule has 128 valence electrons. The van der Waals surface area contributed by atoms with Crippen LogP contribution in [-0.2, 0) is 19.6 Å². The zero-order valence-corrected chi connectivity index (χ0v) is 13.4. The van der Waals surface area contributed by atoms with Crippen molar-refractivity contribution in [2.24, 2.45) is 0 Å². The number of amides is 1. The molecule has 10 heteroatoms. The predicted octanol–water partition coefficient (Wildman–Crippen LogP) is 0.636. The number of hydrogen-bond acceptors (Lipinski definition) is 6. The van der Waals surface area contributed by atoms with Gasteiger partial charge in [0.05, 0.1) is 20.0 Å². The standard InChI is InChI=1S/C13H18N2O7S/c1-21-10-5-3-9(4-6-10)15-23(19,20)8-7-11(12(16)22-2)14-13(17)18/h3-6,11,14-15H,7-8H2,1-2H3,(H,17,18)/t11-/m0/s1. The number of sulfonamides is 1. The van der Waals surface area contributed by atoms with E-state index in [2.05, 4.69) is 9.46 Å². The van der Waals surface area contributed by atoms with E-state index in [1.54, 1.807) is 12.1 Å². The van der Waals surface area contributed by atoms with Crippen LogP contribution in [0.15, 0.2) is 24.3 Å². The molecule has 9 nitrogen and oxygen atoms in total. The zero-order chi connectivity index (χ0) is 17.5. The molecule has 0 aliphatic rings. The van der Waals surface area contributed by atoms with Gasteiger partial charge in [0.2, 0.25) is 10.0 Å². The first kappa shape index (κ1) is 18.6.